The summed E-state index contributed by atoms with van der Waals surface area (Å²) in [6.07, 6.45) is 3.12. The Balaban J connectivity index is 1.95. The van der Waals surface area contributed by atoms with Crippen LogP contribution in [0.25, 0.3) is 0 Å². The monoisotopic (exact) mass is 220 g/mol. The molecule has 0 amide bonds. The Kier molecular flexibility index (Phi) is 3.44. The fraction of sp³-hybridized carbons (Fsp3) is 0.462. The van der Waals surface area contributed by atoms with Crippen molar-refractivity contribution in [3.05, 3.63) is 24.3 Å². The first-order valence-corrected chi connectivity index (χ1v) is 5.60. The summed E-state index contributed by atoms with van der Waals surface area (Å²) < 4.78 is 10.9. The van der Waals surface area contributed by atoms with Crippen LogP contribution in [-0.4, -0.2) is 19.0 Å². The van der Waals surface area contributed by atoms with Gasteiger partial charge in [0.1, 0.15) is 17.3 Å². The van der Waals surface area contributed by atoms with Crippen molar-refractivity contribution in [2.75, 3.05) is 7.11 Å². The Morgan fingerprint density at radius 3 is 2.56 bits per heavy atom. The van der Waals surface area contributed by atoms with Gasteiger partial charge >= 0.3 is 0 Å². The average molecular weight is 220 g/mol. The number of Topliss-reactive ketones (excluding diaryl/α,β-unsaturated/α-hetero) is 1. The first-order valence-electron chi connectivity index (χ1n) is 5.60. The molecule has 0 radical (unpaired) electrons. The molecule has 1 saturated carbocycles. The number of carbonyl (C=O) groups is 1. The second-order valence-electron chi connectivity index (χ2n) is 4.03. The molecule has 0 aromatic heterocycles. The van der Waals surface area contributed by atoms with Gasteiger partial charge in [0.15, 0.2) is 0 Å². The van der Waals surface area contributed by atoms with Crippen LogP contribution in [0.15, 0.2) is 24.3 Å². The van der Waals surface area contributed by atoms with Gasteiger partial charge in [-0.05, 0) is 25.0 Å². The van der Waals surface area contributed by atoms with E-state index in [2.05, 4.69) is 0 Å². The van der Waals surface area contributed by atoms with Crippen LogP contribution in [0.5, 0.6) is 11.5 Å². The predicted octanol–water partition coefficient (Wildman–Crippen LogP) is 2.59. The smallest absolute Gasteiger partial charge is 0.133 e. The van der Waals surface area contributed by atoms with E-state index in [1.54, 1.807) is 7.11 Å². The highest BCUT2D eigenvalue weighted by atomic mass is 16.5. The van der Waals surface area contributed by atoms with Crippen LogP contribution < -0.4 is 9.47 Å². The first-order chi connectivity index (χ1) is 7.78. The van der Waals surface area contributed by atoms with Crippen LogP contribution in [-0.2, 0) is 4.79 Å². The lowest BCUT2D eigenvalue weighted by Crippen LogP contribution is -2.23. The Hall–Kier alpha value is -1.51. The van der Waals surface area contributed by atoms with Gasteiger partial charge in [-0.25, -0.2) is 0 Å². The number of carbonyl (C=O) groups excluding carboxylic acids is 1. The fourth-order valence-electron chi connectivity index (χ4n) is 1.90. The summed E-state index contributed by atoms with van der Waals surface area (Å²) in [6.45, 7) is 0. The van der Waals surface area contributed by atoms with Crippen molar-refractivity contribution in [1.82, 2.24) is 0 Å². The number of ketones is 1. The van der Waals surface area contributed by atoms with Crippen molar-refractivity contribution in [1.29, 1.82) is 0 Å². The van der Waals surface area contributed by atoms with E-state index in [4.69, 9.17) is 9.47 Å². The minimum atomic E-state index is 0.171. The summed E-state index contributed by atoms with van der Waals surface area (Å²) in [5.74, 6) is 1.97. The van der Waals surface area contributed by atoms with Crippen LogP contribution >= 0.6 is 0 Å². The van der Waals surface area contributed by atoms with Gasteiger partial charge in [0.05, 0.1) is 13.2 Å². The van der Waals surface area contributed by atoms with Gasteiger partial charge in [-0.15, -0.1) is 0 Å². The van der Waals surface area contributed by atoms with E-state index in [1.165, 1.54) is 0 Å². The number of rotatable bonds is 3. The maximum absolute atomic E-state index is 11.1. The Bertz CT molecular complexity index is 363. The molecule has 0 atom stereocenters. The Labute approximate surface area is 95.4 Å². The Morgan fingerprint density at radius 2 is 1.88 bits per heavy atom. The van der Waals surface area contributed by atoms with Gasteiger partial charge < -0.3 is 9.47 Å². The van der Waals surface area contributed by atoms with Gasteiger partial charge in [-0.2, -0.15) is 0 Å². The molecule has 1 aliphatic rings. The topological polar surface area (TPSA) is 35.5 Å². The third kappa shape index (κ3) is 2.75. The molecule has 3 heteroatoms. The minimum absolute atomic E-state index is 0.171. The van der Waals surface area contributed by atoms with E-state index in [-0.39, 0.29) is 6.10 Å². The summed E-state index contributed by atoms with van der Waals surface area (Å²) in [5, 5.41) is 0. The van der Waals surface area contributed by atoms with Crippen molar-refractivity contribution >= 4 is 5.78 Å². The zero-order valence-corrected chi connectivity index (χ0v) is 9.44. The van der Waals surface area contributed by atoms with E-state index in [0.717, 1.165) is 24.3 Å². The molecule has 16 heavy (non-hydrogen) atoms. The quantitative estimate of drug-likeness (QED) is 0.785. The molecule has 1 aromatic carbocycles. The lowest BCUT2D eigenvalue weighted by Gasteiger charge is -2.22. The van der Waals surface area contributed by atoms with Crippen molar-refractivity contribution in [3.8, 4) is 11.5 Å². The lowest BCUT2D eigenvalue weighted by atomic mass is 9.96. The lowest BCUT2D eigenvalue weighted by molar-refractivity contribution is -0.121. The summed E-state index contributed by atoms with van der Waals surface area (Å²) in [5.41, 5.74) is 0. The van der Waals surface area contributed by atoms with Gasteiger partial charge in [0.2, 0.25) is 0 Å². The maximum Gasteiger partial charge on any atom is 0.133 e. The normalized spacial score (nSPS) is 17.2. The van der Waals surface area contributed by atoms with Crippen molar-refractivity contribution in [3.63, 3.8) is 0 Å². The molecule has 1 aliphatic carbocycles. The standard InChI is InChI=1S/C13H16O3/c1-15-12-3-2-4-13(9-12)16-11-7-5-10(14)6-8-11/h2-4,9,11H,5-8H2,1H3. The molecule has 1 aromatic rings. The summed E-state index contributed by atoms with van der Waals surface area (Å²) in [7, 11) is 1.64. The molecule has 0 spiro atoms. The third-order valence-electron chi connectivity index (χ3n) is 2.83. The van der Waals surface area contributed by atoms with E-state index in [0.29, 0.717) is 18.6 Å². The van der Waals surface area contributed by atoms with E-state index in [9.17, 15) is 4.79 Å². The zero-order valence-electron chi connectivity index (χ0n) is 9.44. The van der Waals surface area contributed by atoms with Crippen LogP contribution in [0.3, 0.4) is 0 Å². The molecule has 2 rings (SSSR count). The molecule has 0 unspecified atom stereocenters. The second-order valence-corrected chi connectivity index (χ2v) is 4.03. The van der Waals surface area contributed by atoms with Gasteiger partial charge in [-0.1, -0.05) is 6.07 Å². The molecule has 0 aliphatic heterocycles. The third-order valence-corrected chi connectivity index (χ3v) is 2.83. The Morgan fingerprint density at radius 1 is 1.19 bits per heavy atom. The molecule has 3 nitrogen and oxygen atoms in total. The highest BCUT2D eigenvalue weighted by Crippen LogP contribution is 2.24. The zero-order chi connectivity index (χ0) is 11.4. The maximum atomic E-state index is 11.1. The molecule has 0 saturated heterocycles. The molecule has 0 heterocycles. The van der Waals surface area contributed by atoms with E-state index in [1.807, 2.05) is 24.3 Å². The van der Waals surface area contributed by atoms with Crippen LogP contribution in [0, 0.1) is 0 Å². The number of benzene rings is 1. The van der Waals surface area contributed by atoms with E-state index < -0.39 is 0 Å². The van der Waals surface area contributed by atoms with Crippen molar-refractivity contribution in [2.24, 2.45) is 0 Å². The minimum Gasteiger partial charge on any atom is -0.497 e. The number of hydrogen-bond acceptors (Lipinski definition) is 3. The molecule has 86 valence electrons. The van der Waals surface area contributed by atoms with Crippen LogP contribution in [0.4, 0.5) is 0 Å². The second kappa shape index (κ2) is 5.01. The highest BCUT2D eigenvalue weighted by molar-refractivity contribution is 5.79. The molecule has 1 fully saturated rings. The van der Waals surface area contributed by atoms with Gasteiger partial charge in [0.25, 0.3) is 0 Å². The molecular formula is C13H16O3. The molecular weight excluding hydrogens is 204 g/mol. The number of methoxy groups -OCH3 is 1. The van der Waals surface area contributed by atoms with Crippen molar-refractivity contribution in [2.45, 2.75) is 31.8 Å². The van der Waals surface area contributed by atoms with Crippen LogP contribution in [0.1, 0.15) is 25.7 Å². The summed E-state index contributed by atoms with van der Waals surface area (Å²) in [4.78, 5) is 11.1. The fourth-order valence-corrected chi connectivity index (χ4v) is 1.90. The number of hydrogen-bond donors (Lipinski definition) is 0. The van der Waals surface area contributed by atoms with Gasteiger partial charge in [-0.3, -0.25) is 4.79 Å². The average Bonchev–Trinajstić information content (AvgIpc) is 2.32. The van der Waals surface area contributed by atoms with Gasteiger partial charge in [0, 0.05) is 18.9 Å². The summed E-state index contributed by atoms with van der Waals surface area (Å²) in [6, 6.07) is 7.58. The summed E-state index contributed by atoms with van der Waals surface area (Å²) >= 11 is 0. The van der Waals surface area contributed by atoms with Crippen molar-refractivity contribution < 1.29 is 14.3 Å². The van der Waals surface area contributed by atoms with E-state index >= 15 is 0 Å². The van der Waals surface area contributed by atoms with Crippen LogP contribution in [0.2, 0.25) is 0 Å². The highest BCUT2D eigenvalue weighted by Gasteiger charge is 2.19. The molecule has 0 N–H and O–H groups in total. The largest absolute Gasteiger partial charge is 0.497 e. The predicted molar refractivity (Wildman–Crippen MR) is 60.9 cm³/mol. The SMILES string of the molecule is COc1cccc(OC2CCC(=O)CC2)c1. The molecule has 0 bridgehead atoms. The first kappa shape index (κ1) is 11.0. The number of ether oxygens (including phenoxy) is 2.